The number of methoxy groups -OCH3 is 1. The van der Waals surface area contributed by atoms with Gasteiger partial charge in [0, 0.05) is 17.8 Å². The van der Waals surface area contributed by atoms with E-state index in [0.717, 1.165) is 5.69 Å². The highest BCUT2D eigenvalue weighted by Gasteiger charge is 2.31. The third kappa shape index (κ3) is 4.62. The first-order valence-corrected chi connectivity index (χ1v) is 7.52. The van der Waals surface area contributed by atoms with Crippen LogP contribution in [0.2, 0.25) is 0 Å². The fourth-order valence-electron chi connectivity index (χ4n) is 2.23. The number of alkyl halides is 3. The molecule has 26 heavy (non-hydrogen) atoms. The normalized spacial score (nSPS) is 11.1. The summed E-state index contributed by atoms with van der Waals surface area (Å²) in [5.41, 5.74) is 1.96. The lowest BCUT2D eigenvalue weighted by molar-refractivity contribution is -0.274. The molecule has 0 fully saturated rings. The number of rotatable bonds is 5. The largest absolute Gasteiger partial charge is 0.573 e. The van der Waals surface area contributed by atoms with E-state index in [1.165, 1.54) is 25.3 Å². The monoisotopic (exact) mass is 361 g/mol. The number of halogens is 3. The zero-order valence-corrected chi connectivity index (χ0v) is 13.6. The molecule has 0 amide bonds. The maximum Gasteiger partial charge on any atom is 0.573 e. The molecule has 0 atom stereocenters. The Hall–Kier alpha value is -3.29. The number of nitrogens with zero attached hydrogens (tertiary/aromatic N) is 2. The van der Waals surface area contributed by atoms with E-state index in [0.29, 0.717) is 22.8 Å². The molecule has 3 rings (SSSR count). The Balaban J connectivity index is 1.73. The number of anilines is 2. The van der Waals surface area contributed by atoms with E-state index in [-0.39, 0.29) is 5.75 Å². The minimum Gasteiger partial charge on any atom is -0.481 e. The van der Waals surface area contributed by atoms with Gasteiger partial charge < -0.3 is 14.8 Å². The highest BCUT2D eigenvalue weighted by atomic mass is 19.4. The molecule has 0 saturated carbocycles. The summed E-state index contributed by atoms with van der Waals surface area (Å²) in [6.45, 7) is 0. The molecule has 0 aliphatic heterocycles. The van der Waals surface area contributed by atoms with Crippen LogP contribution in [0.15, 0.2) is 60.9 Å². The molecule has 1 aromatic carbocycles. The summed E-state index contributed by atoms with van der Waals surface area (Å²) < 4.78 is 45.9. The van der Waals surface area contributed by atoms with Crippen LogP contribution < -0.4 is 14.8 Å². The number of hydrogen-bond donors (Lipinski definition) is 1. The van der Waals surface area contributed by atoms with Crippen LogP contribution in [-0.2, 0) is 0 Å². The van der Waals surface area contributed by atoms with Crippen LogP contribution in [-0.4, -0.2) is 23.4 Å². The predicted octanol–water partition coefficient (Wildman–Crippen LogP) is 4.79. The maximum absolute atomic E-state index is 12.3. The fraction of sp³-hybridized carbons (Fsp3) is 0.111. The first-order valence-electron chi connectivity index (χ1n) is 7.52. The van der Waals surface area contributed by atoms with Crippen molar-refractivity contribution in [2.24, 2.45) is 0 Å². The lowest BCUT2D eigenvalue weighted by Crippen LogP contribution is -2.17. The van der Waals surface area contributed by atoms with E-state index in [1.54, 1.807) is 42.7 Å². The minimum atomic E-state index is -4.73. The van der Waals surface area contributed by atoms with Gasteiger partial charge in [-0.3, -0.25) is 0 Å². The van der Waals surface area contributed by atoms with E-state index in [9.17, 15) is 13.2 Å². The van der Waals surface area contributed by atoms with Gasteiger partial charge in [0.1, 0.15) is 11.6 Å². The van der Waals surface area contributed by atoms with Gasteiger partial charge in [-0.1, -0.05) is 12.1 Å². The zero-order valence-electron chi connectivity index (χ0n) is 13.6. The maximum atomic E-state index is 12.3. The van der Waals surface area contributed by atoms with Crippen molar-refractivity contribution in [2.75, 3.05) is 12.4 Å². The number of ether oxygens (including phenoxy) is 2. The van der Waals surface area contributed by atoms with E-state index in [4.69, 9.17) is 4.74 Å². The lowest BCUT2D eigenvalue weighted by atomic mass is 10.1. The number of hydrogen-bond acceptors (Lipinski definition) is 5. The zero-order chi connectivity index (χ0) is 18.6. The quantitative estimate of drug-likeness (QED) is 0.708. The second-order valence-corrected chi connectivity index (χ2v) is 5.22. The van der Waals surface area contributed by atoms with Gasteiger partial charge in [0.2, 0.25) is 5.88 Å². The van der Waals surface area contributed by atoms with Crippen molar-refractivity contribution < 1.29 is 22.6 Å². The lowest BCUT2D eigenvalue weighted by Gasteiger charge is -2.10. The van der Waals surface area contributed by atoms with Crippen molar-refractivity contribution in [1.29, 1.82) is 0 Å². The minimum absolute atomic E-state index is 0.276. The first-order chi connectivity index (χ1) is 12.4. The molecule has 134 valence electrons. The summed E-state index contributed by atoms with van der Waals surface area (Å²) in [6, 6.07) is 12.7. The Bertz CT molecular complexity index is 866. The van der Waals surface area contributed by atoms with Gasteiger partial charge >= 0.3 is 6.36 Å². The molecular weight excluding hydrogens is 347 g/mol. The van der Waals surface area contributed by atoms with Crippen LogP contribution in [0.4, 0.5) is 24.7 Å². The molecule has 5 nitrogen and oxygen atoms in total. The van der Waals surface area contributed by atoms with Gasteiger partial charge in [-0.05, 0) is 35.9 Å². The van der Waals surface area contributed by atoms with Gasteiger partial charge in [-0.25, -0.2) is 9.97 Å². The third-order valence-corrected chi connectivity index (χ3v) is 3.38. The van der Waals surface area contributed by atoms with Crippen LogP contribution in [0.5, 0.6) is 11.6 Å². The third-order valence-electron chi connectivity index (χ3n) is 3.38. The van der Waals surface area contributed by atoms with Gasteiger partial charge in [0.25, 0.3) is 0 Å². The number of aromatic nitrogens is 2. The van der Waals surface area contributed by atoms with Gasteiger partial charge in [0.05, 0.1) is 19.0 Å². The first kappa shape index (κ1) is 17.5. The summed E-state index contributed by atoms with van der Waals surface area (Å²) in [5, 5.41) is 3.07. The molecule has 8 heteroatoms. The van der Waals surface area contributed by atoms with E-state index >= 15 is 0 Å². The summed E-state index contributed by atoms with van der Waals surface area (Å²) in [6.07, 6.45) is -1.56. The van der Waals surface area contributed by atoms with Crippen LogP contribution in [0, 0.1) is 0 Å². The molecule has 0 aliphatic rings. The smallest absolute Gasteiger partial charge is 0.481 e. The SMILES string of the molecule is COc1ccc(Nc2ccc(-c3cccc(OC(F)(F)F)c3)cn2)cn1. The molecule has 3 aromatic rings. The summed E-state index contributed by atoms with van der Waals surface area (Å²) in [7, 11) is 1.53. The number of pyridine rings is 2. The second-order valence-electron chi connectivity index (χ2n) is 5.22. The fourth-order valence-corrected chi connectivity index (χ4v) is 2.23. The van der Waals surface area contributed by atoms with Crippen molar-refractivity contribution in [3.05, 3.63) is 60.9 Å². The van der Waals surface area contributed by atoms with E-state index in [2.05, 4.69) is 20.0 Å². The standard InChI is InChI=1S/C18H14F3N3O2/c1-25-17-8-6-14(11-23-17)24-16-7-5-13(10-22-16)12-3-2-4-15(9-12)26-18(19,20)21/h2-11H,1H3,(H,22,24). The topological polar surface area (TPSA) is 56.3 Å². The van der Waals surface area contributed by atoms with Crippen LogP contribution >= 0.6 is 0 Å². The van der Waals surface area contributed by atoms with Crippen LogP contribution in [0.1, 0.15) is 0 Å². The summed E-state index contributed by atoms with van der Waals surface area (Å²) in [4.78, 5) is 8.34. The molecule has 1 N–H and O–H groups in total. The molecular formula is C18H14F3N3O2. The molecule has 2 aromatic heterocycles. The Kier molecular flexibility index (Phi) is 4.92. The van der Waals surface area contributed by atoms with Gasteiger partial charge in [-0.15, -0.1) is 13.2 Å². The molecule has 2 heterocycles. The Morgan fingerprint density at radius 2 is 1.77 bits per heavy atom. The van der Waals surface area contributed by atoms with Gasteiger partial charge in [-0.2, -0.15) is 0 Å². The Morgan fingerprint density at radius 3 is 2.38 bits per heavy atom. The average Bonchev–Trinajstić information content (AvgIpc) is 2.62. The van der Waals surface area contributed by atoms with Crippen LogP contribution in [0.25, 0.3) is 11.1 Å². The van der Waals surface area contributed by atoms with Crippen molar-refractivity contribution in [2.45, 2.75) is 6.36 Å². The van der Waals surface area contributed by atoms with Gasteiger partial charge in [0.15, 0.2) is 0 Å². The van der Waals surface area contributed by atoms with Crippen molar-refractivity contribution in [3.8, 4) is 22.8 Å². The molecule has 0 aliphatic carbocycles. The van der Waals surface area contributed by atoms with Crippen molar-refractivity contribution in [1.82, 2.24) is 9.97 Å². The molecule has 0 bridgehead atoms. The molecule has 0 spiro atoms. The average molecular weight is 361 g/mol. The summed E-state index contributed by atoms with van der Waals surface area (Å²) in [5.74, 6) is 0.796. The predicted molar refractivity (Wildman–Crippen MR) is 90.4 cm³/mol. The number of nitrogens with one attached hydrogen (secondary N) is 1. The Morgan fingerprint density at radius 1 is 0.923 bits per heavy atom. The highest BCUT2D eigenvalue weighted by molar-refractivity contribution is 5.66. The molecule has 0 saturated heterocycles. The number of benzene rings is 1. The summed E-state index contributed by atoms with van der Waals surface area (Å²) >= 11 is 0. The van der Waals surface area contributed by atoms with Crippen LogP contribution in [0.3, 0.4) is 0 Å². The van der Waals surface area contributed by atoms with Crippen molar-refractivity contribution >= 4 is 11.5 Å². The van der Waals surface area contributed by atoms with E-state index < -0.39 is 6.36 Å². The highest BCUT2D eigenvalue weighted by Crippen LogP contribution is 2.28. The molecule has 0 unspecified atom stereocenters. The molecule has 0 radical (unpaired) electrons. The van der Waals surface area contributed by atoms with Crippen molar-refractivity contribution in [3.63, 3.8) is 0 Å². The second kappa shape index (κ2) is 7.30. The van der Waals surface area contributed by atoms with E-state index in [1.807, 2.05) is 0 Å². The Labute approximate surface area is 147 Å².